The quantitative estimate of drug-likeness (QED) is 0.825. The van der Waals surface area contributed by atoms with E-state index >= 15 is 0 Å². The van der Waals surface area contributed by atoms with Gasteiger partial charge in [0.1, 0.15) is 0 Å². The van der Waals surface area contributed by atoms with E-state index < -0.39 is 0 Å². The Balaban J connectivity index is 1.42. The highest BCUT2D eigenvalue weighted by molar-refractivity contribution is 5.79. The van der Waals surface area contributed by atoms with Gasteiger partial charge in [-0.2, -0.15) is 5.10 Å². The summed E-state index contributed by atoms with van der Waals surface area (Å²) in [6.07, 6.45) is 10.5. The lowest BCUT2D eigenvalue weighted by Gasteiger charge is -2.35. The molecule has 1 atom stereocenters. The molecule has 7 heteroatoms. The largest absolute Gasteiger partial charge is 0.380 e. The Morgan fingerprint density at radius 3 is 2.63 bits per heavy atom. The fraction of sp³-hybridized carbons (Fsp3) is 0.550. The van der Waals surface area contributed by atoms with Crippen LogP contribution in [-0.2, 0) is 9.53 Å². The first kappa shape index (κ1) is 18.0. The van der Waals surface area contributed by atoms with Gasteiger partial charge in [0, 0.05) is 51.6 Å². The number of aromatic nitrogens is 3. The first-order chi connectivity index (χ1) is 13.2. The summed E-state index contributed by atoms with van der Waals surface area (Å²) >= 11 is 0. The average Bonchev–Trinajstić information content (AvgIpc) is 3.36. The number of rotatable bonds is 4. The lowest BCUT2D eigenvalue weighted by atomic mass is 9.95. The van der Waals surface area contributed by atoms with Gasteiger partial charge in [0.15, 0.2) is 0 Å². The molecule has 2 fully saturated rings. The van der Waals surface area contributed by atoms with E-state index in [0.29, 0.717) is 5.91 Å². The summed E-state index contributed by atoms with van der Waals surface area (Å²) in [5.74, 6) is 0.409. The van der Waals surface area contributed by atoms with E-state index in [4.69, 9.17) is 4.74 Å². The molecular weight excluding hydrogens is 342 g/mol. The average molecular weight is 369 g/mol. The van der Waals surface area contributed by atoms with Crippen molar-refractivity contribution >= 4 is 11.6 Å². The van der Waals surface area contributed by atoms with Crippen molar-refractivity contribution in [2.24, 2.45) is 5.92 Å². The van der Waals surface area contributed by atoms with E-state index in [1.165, 1.54) is 0 Å². The van der Waals surface area contributed by atoms with Gasteiger partial charge in [-0.1, -0.05) is 0 Å². The first-order valence-electron chi connectivity index (χ1n) is 9.68. The number of carbonyl (C=O) groups is 1. The number of anilines is 1. The normalized spacial score (nSPS) is 21.0. The van der Waals surface area contributed by atoms with Gasteiger partial charge in [0.2, 0.25) is 5.91 Å². The second-order valence-corrected chi connectivity index (χ2v) is 7.52. The minimum atomic E-state index is 0.115. The van der Waals surface area contributed by atoms with E-state index in [1.54, 1.807) is 13.3 Å². The number of methoxy groups -OCH3 is 1. The van der Waals surface area contributed by atoms with Crippen molar-refractivity contribution in [1.29, 1.82) is 0 Å². The summed E-state index contributed by atoms with van der Waals surface area (Å²) < 4.78 is 7.29. The SMILES string of the molecule is COC1CCN(C(=O)C2CCN(c3cnccc3-n3cc(C)cn3)CC2)C1. The van der Waals surface area contributed by atoms with Crippen LogP contribution in [0.15, 0.2) is 30.9 Å². The van der Waals surface area contributed by atoms with Crippen LogP contribution in [0.5, 0.6) is 0 Å². The van der Waals surface area contributed by atoms with E-state index in [9.17, 15) is 4.79 Å². The molecule has 2 aromatic rings. The van der Waals surface area contributed by atoms with Gasteiger partial charge in [0.05, 0.1) is 29.9 Å². The van der Waals surface area contributed by atoms with Gasteiger partial charge in [-0.3, -0.25) is 9.78 Å². The molecule has 7 nitrogen and oxygen atoms in total. The zero-order valence-electron chi connectivity index (χ0n) is 16.0. The van der Waals surface area contributed by atoms with Crippen molar-refractivity contribution in [3.63, 3.8) is 0 Å². The van der Waals surface area contributed by atoms with Crippen molar-refractivity contribution in [2.75, 3.05) is 38.2 Å². The molecule has 1 amide bonds. The summed E-state index contributed by atoms with van der Waals surface area (Å²) in [4.78, 5) is 21.4. The maximum absolute atomic E-state index is 12.8. The molecule has 0 saturated carbocycles. The molecule has 4 heterocycles. The molecule has 0 aliphatic carbocycles. The van der Waals surface area contributed by atoms with Crippen LogP contribution >= 0.6 is 0 Å². The molecule has 0 N–H and O–H groups in total. The third kappa shape index (κ3) is 3.69. The summed E-state index contributed by atoms with van der Waals surface area (Å²) in [6, 6.07) is 1.99. The van der Waals surface area contributed by atoms with E-state index in [1.807, 2.05) is 41.2 Å². The van der Waals surface area contributed by atoms with Gasteiger partial charge in [-0.05, 0) is 37.8 Å². The predicted molar refractivity (Wildman–Crippen MR) is 103 cm³/mol. The van der Waals surface area contributed by atoms with Crippen LogP contribution < -0.4 is 4.90 Å². The van der Waals surface area contributed by atoms with Crippen molar-refractivity contribution < 1.29 is 9.53 Å². The number of pyridine rings is 1. The van der Waals surface area contributed by atoms with Crippen LogP contribution in [0.1, 0.15) is 24.8 Å². The number of carbonyl (C=O) groups excluding carboxylic acids is 1. The Hall–Kier alpha value is -2.41. The predicted octanol–water partition coefficient (Wildman–Crippen LogP) is 2.04. The highest BCUT2D eigenvalue weighted by atomic mass is 16.5. The van der Waals surface area contributed by atoms with E-state index in [-0.39, 0.29) is 12.0 Å². The molecule has 2 saturated heterocycles. The minimum Gasteiger partial charge on any atom is -0.380 e. The summed E-state index contributed by atoms with van der Waals surface area (Å²) in [5, 5.41) is 4.44. The number of nitrogens with zero attached hydrogens (tertiary/aromatic N) is 5. The zero-order chi connectivity index (χ0) is 18.8. The van der Waals surface area contributed by atoms with Gasteiger partial charge in [-0.15, -0.1) is 0 Å². The molecule has 4 rings (SSSR count). The molecule has 0 spiro atoms. The summed E-state index contributed by atoms with van der Waals surface area (Å²) in [5.41, 5.74) is 3.24. The van der Waals surface area contributed by atoms with E-state index in [2.05, 4.69) is 15.0 Å². The summed E-state index contributed by atoms with van der Waals surface area (Å²) in [7, 11) is 1.73. The van der Waals surface area contributed by atoms with Crippen molar-refractivity contribution in [3.05, 3.63) is 36.4 Å². The Kier molecular flexibility index (Phi) is 5.11. The van der Waals surface area contributed by atoms with Crippen LogP contribution in [0.3, 0.4) is 0 Å². The van der Waals surface area contributed by atoms with Crippen LogP contribution in [0.2, 0.25) is 0 Å². The van der Waals surface area contributed by atoms with E-state index in [0.717, 1.165) is 62.4 Å². The van der Waals surface area contributed by atoms with Crippen molar-refractivity contribution in [1.82, 2.24) is 19.7 Å². The van der Waals surface area contributed by atoms with Crippen LogP contribution in [-0.4, -0.2) is 65.0 Å². The number of hydrogen-bond acceptors (Lipinski definition) is 5. The fourth-order valence-electron chi connectivity index (χ4n) is 4.11. The van der Waals surface area contributed by atoms with Crippen LogP contribution in [0.4, 0.5) is 5.69 Å². The molecule has 2 aromatic heterocycles. The highest BCUT2D eigenvalue weighted by Crippen LogP contribution is 2.29. The molecule has 2 aliphatic rings. The molecule has 1 unspecified atom stereocenters. The Morgan fingerprint density at radius 1 is 1.15 bits per heavy atom. The third-order valence-electron chi connectivity index (χ3n) is 5.71. The maximum Gasteiger partial charge on any atom is 0.225 e. The monoisotopic (exact) mass is 369 g/mol. The van der Waals surface area contributed by atoms with Gasteiger partial charge in [-0.25, -0.2) is 4.68 Å². The van der Waals surface area contributed by atoms with Crippen LogP contribution in [0.25, 0.3) is 5.69 Å². The number of ether oxygens (including phenoxy) is 1. The molecule has 27 heavy (non-hydrogen) atoms. The number of piperidine rings is 1. The number of hydrogen-bond donors (Lipinski definition) is 0. The minimum absolute atomic E-state index is 0.115. The fourth-order valence-corrected chi connectivity index (χ4v) is 4.11. The van der Waals surface area contributed by atoms with Crippen molar-refractivity contribution in [3.8, 4) is 5.69 Å². The van der Waals surface area contributed by atoms with Gasteiger partial charge >= 0.3 is 0 Å². The molecule has 144 valence electrons. The number of aryl methyl sites for hydroxylation is 1. The Morgan fingerprint density at radius 2 is 1.96 bits per heavy atom. The third-order valence-corrected chi connectivity index (χ3v) is 5.71. The molecule has 0 bridgehead atoms. The molecule has 2 aliphatic heterocycles. The van der Waals surface area contributed by atoms with Crippen molar-refractivity contribution in [2.45, 2.75) is 32.3 Å². The Labute approximate surface area is 159 Å². The standard InChI is InChI=1S/C20H27N5O2/c1-15-11-22-25(13-15)18-3-7-21-12-19(18)23-8-4-16(5-9-23)20(26)24-10-6-17(14-24)27-2/h3,7,11-13,16-17H,4-6,8-10,14H2,1-2H3. The Bertz CT molecular complexity index is 797. The zero-order valence-corrected chi connectivity index (χ0v) is 16.0. The van der Waals surface area contributed by atoms with Gasteiger partial charge in [0.25, 0.3) is 0 Å². The lowest BCUT2D eigenvalue weighted by molar-refractivity contribution is -0.135. The highest BCUT2D eigenvalue weighted by Gasteiger charge is 2.33. The second kappa shape index (κ2) is 7.68. The molecule has 0 aromatic carbocycles. The molecule has 0 radical (unpaired) electrons. The second-order valence-electron chi connectivity index (χ2n) is 7.52. The molecular formula is C20H27N5O2. The lowest BCUT2D eigenvalue weighted by Crippen LogP contribution is -2.42. The smallest absolute Gasteiger partial charge is 0.225 e. The summed E-state index contributed by atoms with van der Waals surface area (Å²) in [6.45, 7) is 5.31. The van der Waals surface area contributed by atoms with Crippen LogP contribution in [0, 0.1) is 12.8 Å². The maximum atomic E-state index is 12.8. The topological polar surface area (TPSA) is 63.5 Å². The first-order valence-corrected chi connectivity index (χ1v) is 9.68. The van der Waals surface area contributed by atoms with Gasteiger partial charge < -0.3 is 14.5 Å². The number of likely N-dealkylation sites (tertiary alicyclic amines) is 1. The number of amides is 1.